The van der Waals surface area contributed by atoms with Crippen molar-refractivity contribution in [3.63, 3.8) is 0 Å². The Hall–Kier alpha value is -2.74. The van der Waals surface area contributed by atoms with Gasteiger partial charge in [0, 0.05) is 17.9 Å². The van der Waals surface area contributed by atoms with Gasteiger partial charge in [-0.15, -0.1) is 11.3 Å². The number of benzene rings is 1. The standard InChI is InChI=1S/C19H14F3N3O5S2/c20-19(21,22)14-8-12(24-30-14)13-5-6-15(31-13)32(28,29)25-18(17(26)23-27)11-7-9-3-1-2-4-10(9)16(11)18/h1-6,8,11,16,25,27H,7H2,(H,23,26). The van der Waals surface area contributed by atoms with Crippen molar-refractivity contribution in [3.05, 3.63) is 59.4 Å². The maximum Gasteiger partial charge on any atom is 0.452 e. The molecular formula is C19H14F3N3O5S2. The van der Waals surface area contributed by atoms with Gasteiger partial charge in [0.25, 0.3) is 15.9 Å². The summed E-state index contributed by atoms with van der Waals surface area (Å²) in [4.78, 5) is 12.7. The van der Waals surface area contributed by atoms with E-state index >= 15 is 0 Å². The Bertz CT molecular complexity index is 1330. The van der Waals surface area contributed by atoms with Crippen LogP contribution < -0.4 is 10.2 Å². The highest BCUT2D eigenvalue weighted by Gasteiger charge is 2.74. The second-order valence-electron chi connectivity index (χ2n) is 7.60. The molecule has 3 N–H and O–H groups in total. The highest BCUT2D eigenvalue weighted by atomic mass is 32.2. The Morgan fingerprint density at radius 2 is 2.00 bits per heavy atom. The number of nitrogens with one attached hydrogen (secondary N) is 2. The molecule has 32 heavy (non-hydrogen) atoms. The molecule has 3 aromatic rings. The molecule has 1 fully saturated rings. The fourth-order valence-corrected chi connectivity index (χ4v) is 7.13. The van der Waals surface area contributed by atoms with Crippen LogP contribution in [0.2, 0.25) is 0 Å². The van der Waals surface area contributed by atoms with Gasteiger partial charge in [-0.3, -0.25) is 10.0 Å². The molecule has 3 unspecified atom stereocenters. The number of carbonyl (C=O) groups is 1. The molecule has 5 rings (SSSR count). The molecule has 2 aromatic heterocycles. The smallest absolute Gasteiger partial charge is 0.351 e. The monoisotopic (exact) mass is 485 g/mol. The Balaban J connectivity index is 1.45. The summed E-state index contributed by atoms with van der Waals surface area (Å²) in [7, 11) is -4.25. The van der Waals surface area contributed by atoms with Crippen molar-refractivity contribution >= 4 is 27.3 Å². The van der Waals surface area contributed by atoms with E-state index in [4.69, 9.17) is 0 Å². The van der Waals surface area contributed by atoms with Gasteiger partial charge in [0.2, 0.25) is 5.76 Å². The van der Waals surface area contributed by atoms with Gasteiger partial charge in [-0.1, -0.05) is 29.4 Å². The van der Waals surface area contributed by atoms with Crippen molar-refractivity contribution in [2.24, 2.45) is 5.92 Å². The number of nitrogens with zero attached hydrogens (tertiary/aromatic N) is 1. The van der Waals surface area contributed by atoms with E-state index in [2.05, 4.69) is 14.4 Å². The zero-order valence-corrected chi connectivity index (χ0v) is 17.5. The highest BCUT2D eigenvalue weighted by molar-refractivity contribution is 7.91. The number of carbonyl (C=O) groups excluding carboxylic acids is 1. The average Bonchev–Trinajstić information content (AvgIpc) is 3.28. The van der Waals surface area contributed by atoms with E-state index in [1.807, 2.05) is 18.2 Å². The van der Waals surface area contributed by atoms with Gasteiger partial charge in [0.1, 0.15) is 15.4 Å². The summed E-state index contributed by atoms with van der Waals surface area (Å²) >= 11 is 0.684. The summed E-state index contributed by atoms with van der Waals surface area (Å²) in [6, 6.07) is 10.5. The van der Waals surface area contributed by atoms with Gasteiger partial charge >= 0.3 is 6.18 Å². The van der Waals surface area contributed by atoms with Crippen LogP contribution in [0.4, 0.5) is 13.2 Å². The minimum atomic E-state index is -4.72. The van der Waals surface area contributed by atoms with E-state index in [-0.39, 0.29) is 20.7 Å². The van der Waals surface area contributed by atoms with Crippen molar-refractivity contribution in [1.29, 1.82) is 0 Å². The summed E-state index contributed by atoms with van der Waals surface area (Å²) in [5.41, 5.74) is 1.68. The van der Waals surface area contributed by atoms with E-state index in [1.165, 1.54) is 12.1 Å². The van der Waals surface area contributed by atoms with Crippen LogP contribution in [0.15, 0.2) is 51.2 Å². The summed E-state index contributed by atoms with van der Waals surface area (Å²) in [6.07, 6.45) is -4.26. The minimum absolute atomic E-state index is 0.145. The third kappa shape index (κ3) is 3.07. The SMILES string of the molecule is O=C(NO)C1(NS(=O)(=O)c2ccc(-c3cc(C(F)(F)F)on3)s2)C2Cc3ccccc3C21. The lowest BCUT2D eigenvalue weighted by Gasteiger charge is -2.21. The zero-order valence-electron chi connectivity index (χ0n) is 15.9. The molecule has 0 spiro atoms. The van der Waals surface area contributed by atoms with Crippen molar-refractivity contribution in [1.82, 2.24) is 15.4 Å². The molecule has 8 nitrogen and oxygen atoms in total. The second kappa shape index (κ2) is 6.88. The van der Waals surface area contributed by atoms with Crippen LogP contribution in [0.5, 0.6) is 0 Å². The first-order chi connectivity index (χ1) is 15.1. The number of thiophene rings is 1. The fourth-order valence-electron chi connectivity index (χ4n) is 4.45. The second-order valence-corrected chi connectivity index (χ2v) is 10.6. The predicted octanol–water partition coefficient (Wildman–Crippen LogP) is 2.91. The maximum absolute atomic E-state index is 13.1. The lowest BCUT2D eigenvalue weighted by Crippen LogP contribution is -2.51. The topological polar surface area (TPSA) is 122 Å². The molecule has 168 valence electrons. The summed E-state index contributed by atoms with van der Waals surface area (Å²) < 4.78 is 70.9. The number of amides is 1. The van der Waals surface area contributed by atoms with E-state index in [0.717, 1.165) is 11.1 Å². The van der Waals surface area contributed by atoms with Gasteiger partial charge < -0.3 is 4.52 Å². The predicted molar refractivity (Wildman–Crippen MR) is 104 cm³/mol. The van der Waals surface area contributed by atoms with Crippen LogP contribution >= 0.6 is 11.3 Å². The van der Waals surface area contributed by atoms with Crippen molar-refractivity contribution in [3.8, 4) is 10.6 Å². The first-order valence-corrected chi connectivity index (χ1v) is 11.6. The molecule has 2 aliphatic carbocycles. The van der Waals surface area contributed by atoms with E-state index in [1.54, 1.807) is 11.5 Å². The number of hydroxylamine groups is 1. The van der Waals surface area contributed by atoms with Gasteiger partial charge in [0.05, 0.1) is 4.88 Å². The summed E-state index contributed by atoms with van der Waals surface area (Å²) in [6.45, 7) is 0. The number of hydrogen-bond acceptors (Lipinski definition) is 7. The molecule has 3 atom stereocenters. The van der Waals surface area contributed by atoms with Gasteiger partial charge in [-0.25, -0.2) is 13.9 Å². The molecule has 1 saturated carbocycles. The molecule has 13 heteroatoms. The van der Waals surface area contributed by atoms with Gasteiger partial charge in [0.15, 0.2) is 0 Å². The average molecular weight is 485 g/mol. The fraction of sp³-hybridized carbons (Fsp3) is 0.263. The van der Waals surface area contributed by atoms with Crippen molar-refractivity contribution in [2.75, 3.05) is 0 Å². The maximum atomic E-state index is 13.1. The number of aromatic nitrogens is 1. The molecular weight excluding hydrogens is 471 g/mol. The third-order valence-corrected chi connectivity index (χ3v) is 8.95. The number of fused-ring (bicyclic) bond motifs is 3. The Kier molecular flexibility index (Phi) is 4.54. The number of sulfonamides is 1. The Labute approximate surface area is 183 Å². The van der Waals surface area contributed by atoms with Gasteiger partial charge in [-0.2, -0.15) is 17.9 Å². The van der Waals surface area contributed by atoms with Crippen LogP contribution in [0.3, 0.4) is 0 Å². The minimum Gasteiger partial charge on any atom is -0.351 e. The largest absolute Gasteiger partial charge is 0.452 e. The number of rotatable bonds is 5. The van der Waals surface area contributed by atoms with Crippen LogP contribution in [-0.2, 0) is 27.4 Å². The first-order valence-electron chi connectivity index (χ1n) is 9.28. The van der Waals surface area contributed by atoms with E-state index in [9.17, 15) is 31.6 Å². The highest BCUT2D eigenvalue weighted by Crippen LogP contribution is 2.64. The normalized spacial score (nSPS) is 24.1. The molecule has 0 bridgehead atoms. The molecule has 2 heterocycles. The van der Waals surface area contributed by atoms with Crippen LogP contribution in [0.25, 0.3) is 10.6 Å². The van der Waals surface area contributed by atoms with Crippen LogP contribution in [0, 0.1) is 5.92 Å². The molecule has 2 aliphatic rings. The molecule has 0 aliphatic heterocycles. The molecule has 0 saturated heterocycles. The molecule has 0 radical (unpaired) electrons. The summed E-state index contributed by atoms with van der Waals surface area (Å²) in [5.74, 6) is -2.98. The Morgan fingerprint density at radius 3 is 2.69 bits per heavy atom. The first kappa shape index (κ1) is 21.1. The van der Waals surface area contributed by atoms with E-state index in [0.29, 0.717) is 23.8 Å². The van der Waals surface area contributed by atoms with Crippen molar-refractivity contribution in [2.45, 2.75) is 28.3 Å². The zero-order chi connectivity index (χ0) is 22.9. The number of alkyl halides is 3. The molecule has 1 aromatic carbocycles. The van der Waals surface area contributed by atoms with Crippen molar-refractivity contribution < 1.29 is 36.1 Å². The van der Waals surface area contributed by atoms with Crippen LogP contribution in [-0.4, -0.2) is 30.2 Å². The summed E-state index contributed by atoms with van der Waals surface area (Å²) in [5, 5.41) is 12.6. The van der Waals surface area contributed by atoms with Crippen LogP contribution in [0.1, 0.15) is 22.8 Å². The lowest BCUT2D eigenvalue weighted by molar-refractivity contribution is -0.155. The van der Waals surface area contributed by atoms with Gasteiger partial charge in [-0.05, 0) is 29.7 Å². The molecule has 1 amide bonds. The third-order valence-electron chi connectivity index (χ3n) is 5.87. The quantitative estimate of drug-likeness (QED) is 0.378. The van der Waals surface area contributed by atoms with E-state index < -0.39 is 39.3 Å². The number of halogens is 3. The lowest BCUT2D eigenvalue weighted by atomic mass is 9.98. The Morgan fingerprint density at radius 1 is 1.25 bits per heavy atom. The number of hydrogen-bond donors (Lipinski definition) is 3.